The summed E-state index contributed by atoms with van der Waals surface area (Å²) in [7, 11) is 0. The second-order valence-corrected chi connectivity index (χ2v) is 4.86. The Kier molecular flexibility index (Phi) is 6.29. The lowest BCUT2D eigenvalue weighted by Gasteiger charge is -2.19. The van der Waals surface area contributed by atoms with Gasteiger partial charge in [-0.15, -0.1) is 0 Å². The fourth-order valence-electron chi connectivity index (χ4n) is 1.63. The average molecular weight is 317 g/mol. The van der Waals surface area contributed by atoms with Crippen molar-refractivity contribution in [3.63, 3.8) is 0 Å². The summed E-state index contributed by atoms with van der Waals surface area (Å²) in [5.41, 5.74) is 0.981. The van der Waals surface area contributed by atoms with E-state index in [0.717, 1.165) is 12.1 Å². The summed E-state index contributed by atoms with van der Waals surface area (Å²) in [5.74, 6) is -0.258. The second kappa shape index (κ2) is 7.48. The molecule has 0 saturated heterocycles. The quantitative estimate of drug-likeness (QED) is 0.874. The molecule has 1 rings (SSSR count). The zero-order chi connectivity index (χ0) is 13.5. The Bertz CT molecular complexity index is 412. The molecule has 0 unspecified atom stereocenters. The number of nitrogens with one attached hydrogen (secondary N) is 1. The standard InChI is InChI=1S/C13H18BrFN2O/c1-3-16-13(18)9-17(4-2)8-10-5-6-12(15)11(14)7-10/h5-7H,3-4,8-9H2,1-2H3,(H,16,18). The number of benzene rings is 1. The van der Waals surface area contributed by atoms with Crippen molar-refractivity contribution < 1.29 is 9.18 Å². The third-order valence-electron chi connectivity index (χ3n) is 2.58. The van der Waals surface area contributed by atoms with Crippen molar-refractivity contribution in [1.82, 2.24) is 10.2 Å². The fraction of sp³-hybridized carbons (Fsp3) is 0.462. The van der Waals surface area contributed by atoms with Gasteiger partial charge in [0.25, 0.3) is 0 Å². The van der Waals surface area contributed by atoms with Crippen LogP contribution in [-0.2, 0) is 11.3 Å². The lowest BCUT2D eigenvalue weighted by atomic mass is 10.2. The Morgan fingerprint density at radius 2 is 2.17 bits per heavy atom. The molecule has 0 aliphatic heterocycles. The van der Waals surface area contributed by atoms with Crippen molar-refractivity contribution >= 4 is 21.8 Å². The molecule has 0 aliphatic rings. The minimum Gasteiger partial charge on any atom is -0.355 e. The number of rotatable bonds is 6. The minimum atomic E-state index is -0.273. The van der Waals surface area contributed by atoms with Crippen LogP contribution in [0.3, 0.4) is 0 Å². The zero-order valence-electron chi connectivity index (χ0n) is 10.7. The molecule has 0 aliphatic carbocycles. The van der Waals surface area contributed by atoms with E-state index in [1.165, 1.54) is 6.07 Å². The fourth-order valence-corrected chi connectivity index (χ4v) is 2.06. The Balaban J connectivity index is 2.62. The van der Waals surface area contributed by atoms with Gasteiger partial charge in [0.1, 0.15) is 5.82 Å². The molecule has 1 N–H and O–H groups in total. The van der Waals surface area contributed by atoms with Gasteiger partial charge in [0.15, 0.2) is 0 Å². The number of nitrogens with zero attached hydrogens (tertiary/aromatic N) is 1. The number of hydrogen-bond donors (Lipinski definition) is 1. The molecule has 18 heavy (non-hydrogen) atoms. The first-order valence-electron chi connectivity index (χ1n) is 5.99. The molecule has 1 aromatic rings. The highest BCUT2D eigenvalue weighted by Gasteiger charge is 2.09. The molecule has 5 heteroatoms. The summed E-state index contributed by atoms with van der Waals surface area (Å²) in [4.78, 5) is 13.5. The van der Waals surface area contributed by atoms with Crippen molar-refractivity contribution in [3.8, 4) is 0 Å². The normalized spacial score (nSPS) is 10.7. The van der Waals surface area contributed by atoms with E-state index in [2.05, 4.69) is 21.2 Å². The third kappa shape index (κ3) is 4.74. The topological polar surface area (TPSA) is 32.3 Å². The molecule has 100 valence electrons. The molecule has 0 aromatic heterocycles. The number of halogens is 2. The van der Waals surface area contributed by atoms with Crippen LogP contribution in [0.4, 0.5) is 4.39 Å². The van der Waals surface area contributed by atoms with Crippen LogP contribution in [0.5, 0.6) is 0 Å². The van der Waals surface area contributed by atoms with E-state index in [9.17, 15) is 9.18 Å². The summed E-state index contributed by atoms with van der Waals surface area (Å²) < 4.78 is 13.6. The van der Waals surface area contributed by atoms with E-state index in [4.69, 9.17) is 0 Å². The van der Waals surface area contributed by atoms with Crippen LogP contribution in [0, 0.1) is 5.82 Å². The van der Waals surface area contributed by atoms with Gasteiger partial charge in [-0.05, 0) is 47.1 Å². The van der Waals surface area contributed by atoms with Gasteiger partial charge in [0.05, 0.1) is 11.0 Å². The maximum absolute atomic E-state index is 13.1. The van der Waals surface area contributed by atoms with Gasteiger partial charge in [-0.25, -0.2) is 4.39 Å². The highest BCUT2D eigenvalue weighted by Crippen LogP contribution is 2.17. The van der Waals surface area contributed by atoms with Gasteiger partial charge in [0, 0.05) is 13.1 Å². The van der Waals surface area contributed by atoms with Crippen molar-refractivity contribution in [2.24, 2.45) is 0 Å². The summed E-state index contributed by atoms with van der Waals surface area (Å²) in [5, 5.41) is 2.77. The number of hydrogen-bond acceptors (Lipinski definition) is 2. The molecule has 0 spiro atoms. The SMILES string of the molecule is CCNC(=O)CN(CC)Cc1ccc(F)c(Br)c1. The van der Waals surface area contributed by atoms with Crippen LogP contribution in [-0.4, -0.2) is 30.4 Å². The highest BCUT2D eigenvalue weighted by molar-refractivity contribution is 9.10. The van der Waals surface area contributed by atoms with Crippen LogP contribution < -0.4 is 5.32 Å². The molecule has 0 heterocycles. The molecule has 0 atom stereocenters. The first kappa shape index (κ1) is 15.1. The molecule has 0 saturated carbocycles. The Labute approximate surface area is 115 Å². The average Bonchev–Trinajstić information content (AvgIpc) is 2.33. The number of amides is 1. The van der Waals surface area contributed by atoms with Gasteiger partial charge in [-0.1, -0.05) is 13.0 Å². The zero-order valence-corrected chi connectivity index (χ0v) is 12.3. The molecule has 1 aromatic carbocycles. The van der Waals surface area contributed by atoms with Crippen molar-refractivity contribution in [1.29, 1.82) is 0 Å². The van der Waals surface area contributed by atoms with E-state index >= 15 is 0 Å². The van der Waals surface area contributed by atoms with Gasteiger partial charge >= 0.3 is 0 Å². The Morgan fingerprint density at radius 3 is 2.72 bits per heavy atom. The molecule has 0 radical (unpaired) electrons. The van der Waals surface area contributed by atoms with Crippen molar-refractivity contribution in [2.75, 3.05) is 19.6 Å². The smallest absolute Gasteiger partial charge is 0.234 e. The second-order valence-electron chi connectivity index (χ2n) is 4.01. The van der Waals surface area contributed by atoms with Crippen LogP contribution in [0.1, 0.15) is 19.4 Å². The van der Waals surface area contributed by atoms with E-state index in [1.807, 2.05) is 18.7 Å². The first-order chi connectivity index (χ1) is 8.56. The van der Waals surface area contributed by atoms with E-state index in [1.54, 1.807) is 12.1 Å². The van der Waals surface area contributed by atoms with Crippen LogP contribution in [0.15, 0.2) is 22.7 Å². The lowest BCUT2D eigenvalue weighted by molar-refractivity contribution is -0.122. The summed E-state index contributed by atoms with van der Waals surface area (Å²) >= 11 is 3.16. The third-order valence-corrected chi connectivity index (χ3v) is 3.19. The lowest BCUT2D eigenvalue weighted by Crippen LogP contribution is -2.36. The monoisotopic (exact) mass is 316 g/mol. The maximum Gasteiger partial charge on any atom is 0.234 e. The first-order valence-corrected chi connectivity index (χ1v) is 6.79. The van der Waals surface area contributed by atoms with Crippen molar-refractivity contribution in [2.45, 2.75) is 20.4 Å². The number of likely N-dealkylation sites (N-methyl/N-ethyl adjacent to an activating group) is 2. The Morgan fingerprint density at radius 1 is 1.44 bits per heavy atom. The van der Waals surface area contributed by atoms with Gasteiger partial charge < -0.3 is 5.32 Å². The summed E-state index contributed by atoms with van der Waals surface area (Å²) in [6.45, 7) is 6.29. The van der Waals surface area contributed by atoms with Gasteiger partial charge in [-0.2, -0.15) is 0 Å². The molecule has 0 fully saturated rings. The van der Waals surface area contributed by atoms with Crippen LogP contribution in [0.2, 0.25) is 0 Å². The van der Waals surface area contributed by atoms with Crippen LogP contribution >= 0.6 is 15.9 Å². The Hall–Kier alpha value is -0.940. The number of carbonyl (C=O) groups is 1. The maximum atomic E-state index is 13.1. The van der Waals surface area contributed by atoms with Crippen LogP contribution in [0.25, 0.3) is 0 Å². The predicted molar refractivity (Wildman–Crippen MR) is 73.7 cm³/mol. The van der Waals surface area contributed by atoms with E-state index in [-0.39, 0.29) is 11.7 Å². The molecular weight excluding hydrogens is 299 g/mol. The largest absolute Gasteiger partial charge is 0.355 e. The molecule has 3 nitrogen and oxygen atoms in total. The molecular formula is C13H18BrFN2O. The predicted octanol–water partition coefficient (Wildman–Crippen LogP) is 2.55. The summed E-state index contributed by atoms with van der Waals surface area (Å²) in [6.07, 6.45) is 0. The highest BCUT2D eigenvalue weighted by atomic mass is 79.9. The van der Waals surface area contributed by atoms with E-state index < -0.39 is 0 Å². The minimum absolute atomic E-state index is 0.0144. The number of carbonyl (C=O) groups excluding carboxylic acids is 1. The molecule has 0 bridgehead atoms. The molecule has 1 amide bonds. The summed E-state index contributed by atoms with van der Waals surface area (Å²) in [6, 6.07) is 4.91. The van der Waals surface area contributed by atoms with Crippen molar-refractivity contribution in [3.05, 3.63) is 34.1 Å². The van der Waals surface area contributed by atoms with E-state index in [0.29, 0.717) is 24.1 Å². The van der Waals surface area contributed by atoms with Gasteiger partial charge in [-0.3, -0.25) is 9.69 Å². The van der Waals surface area contributed by atoms with Gasteiger partial charge in [0.2, 0.25) is 5.91 Å².